The minimum absolute atomic E-state index is 0.164. The fourth-order valence-electron chi connectivity index (χ4n) is 0.724. The highest BCUT2D eigenvalue weighted by Gasteiger charge is 2.07. The average Bonchev–Trinajstić information content (AvgIpc) is 2.19. The Balaban J connectivity index is 2.62. The van der Waals surface area contributed by atoms with Gasteiger partial charge in [-0.2, -0.15) is 0 Å². The number of rotatable bonds is 4. The summed E-state index contributed by atoms with van der Waals surface area (Å²) in [6, 6.07) is 1.67. The maximum absolute atomic E-state index is 8.84. The smallest absolute Gasteiger partial charge is 0.165 e. The summed E-state index contributed by atoms with van der Waals surface area (Å²) >= 11 is 13.0. The normalized spacial score (nSPS) is 12.9. The second-order valence-electron chi connectivity index (χ2n) is 2.92. The minimum atomic E-state index is 0.164. The summed E-state index contributed by atoms with van der Waals surface area (Å²) in [5, 5.41) is 16.8. The second-order valence-corrected chi connectivity index (χ2v) is 4.73. The summed E-state index contributed by atoms with van der Waals surface area (Å²) in [6.07, 6.45) is 0. The average molecular weight is 253 g/mol. The van der Waals surface area contributed by atoms with Crippen LogP contribution in [0.25, 0.3) is 0 Å². The molecule has 0 aliphatic rings. The fraction of sp³-hybridized carbons (Fsp3) is 0.500. The molecule has 0 saturated heterocycles. The topological polar surface area (TPSA) is 46.0 Å². The monoisotopic (exact) mass is 252 g/mol. The quantitative estimate of drug-likeness (QED) is 0.837. The van der Waals surface area contributed by atoms with Gasteiger partial charge in [-0.1, -0.05) is 30.1 Å². The predicted molar refractivity (Wildman–Crippen MR) is 59.0 cm³/mol. The Morgan fingerprint density at radius 3 is 2.86 bits per heavy atom. The Kier molecular flexibility index (Phi) is 4.95. The number of hydrogen-bond acceptors (Lipinski definition) is 4. The van der Waals surface area contributed by atoms with E-state index in [0.29, 0.717) is 10.3 Å². The number of halogens is 2. The van der Waals surface area contributed by atoms with Crippen LogP contribution in [-0.2, 0) is 0 Å². The van der Waals surface area contributed by atoms with Crippen LogP contribution in [0, 0.1) is 5.92 Å². The highest BCUT2D eigenvalue weighted by molar-refractivity contribution is 7.99. The van der Waals surface area contributed by atoms with Crippen molar-refractivity contribution in [2.75, 3.05) is 12.4 Å². The van der Waals surface area contributed by atoms with Crippen molar-refractivity contribution < 1.29 is 5.11 Å². The largest absolute Gasteiger partial charge is 0.396 e. The summed E-state index contributed by atoms with van der Waals surface area (Å²) in [5.74, 6) is 1.00. The molecule has 78 valence electrons. The van der Waals surface area contributed by atoms with Crippen LogP contribution in [-0.4, -0.2) is 27.7 Å². The lowest BCUT2D eigenvalue weighted by Crippen LogP contribution is -2.03. The van der Waals surface area contributed by atoms with E-state index < -0.39 is 0 Å². The van der Waals surface area contributed by atoms with Crippen molar-refractivity contribution in [2.24, 2.45) is 5.92 Å². The lowest BCUT2D eigenvalue weighted by molar-refractivity contribution is 0.250. The third kappa shape index (κ3) is 3.61. The van der Waals surface area contributed by atoms with Crippen LogP contribution < -0.4 is 0 Å². The molecule has 1 aromatic rings. The van der Waals surface area contributed by atoms with Gasteiger partial charge in [-0.05, 0) is 12.0 Å². The van der Waals surface area contributed by atoms with Crippen molar-refractivity contribution in [3.8, 4) is 0 Å². The zero-order chi connectivity index (χ0) is 10.6. The van der Waals surface area contributed by atoms with Gasteiger partial charge in [-0.3, -0.25) is 0 Å². The molecule has 0 spiro atoms. The molecule has 1 N–H and O–H groups in total. The summed E-state index contributed by atoms with van der Waals surface area (Å²) in [7, 11) is 0. The molecule has 0 amide bonds. The zero-order valence-corrected chi connectivity index (χ0v) is 9.90. The number of aromatic nitrogens is 2. The van der Waals surface area contributed by atoms with Crippen molar-refractivity contribution >= 4 is 35.0 Å². The van der Waals surface area contributed by atoms with E-state index in [9.17, 15) is 0 Å². The maximum Gasteiger partial charge on any atom is 0.165 e. The van der Waals surface area contributed by atoms with Gasteiger partial charge in [0.05, 0.1) is 0 Å². The van der Waals surface area contributed by atoms with Gasteiger partial charge in [0.25, 0.3) is 0 Å². The van der Waals surface area contributed by atoms with Gasteiger partial charge < -0.3 is 5.11 Å². The van der Waals surface area contributed by atoms with Crippen LogP contribution in [0.4, 0.5) is 0 Å². The summed E-state index contributed by atoms with van der Waals surface area (Å²) in [4.78, 5) is 0.798. The highest BCUT2D eigenvalue weighted by atomic mass is 35.5. The minimum Gasteiger partial charge on any atom is -0.396 e. The molecule has 1 heterocycles. The number of nitrogens with zero attached hydrogens (tertiary/aromatic N) is 2. The summed E-state index contributed by atoms with van der Waals surface area (Å²) in [5.41, 5.74) is 0. The SMILES string of the molecule is CC(CO)CSc1cc(Cl)nnc1Cl. The van der Waals surface area contributed by atoms with Gasteiger partial charge in [0, 0.05) is 17.3 Å². The van der Waals surface area contributed by atoms with Gasteiger partial charge in [0.1, 0.15) is 0 Å². The van der Waals surface area contributed by atoms with Crippen LogP contribution in [0.5, 0.6) is 0 Å². The molecule has 0 fully saturated rings. The molecular formula is C8H10Cl2N2OS. The molecule has 0 saturated carbocycles. The molecule has 1 atom stereocenters. The number of aliphatic hydroxyl groups excluding tert-OH is 1. The number of thioether (sulfide) groups is 1. The lowest BCUT2D eigenvalue weighted by atomic mass is 10.2. The molecule has 1 unspecified atom stereocenters. The van der Waals surface area contributed by atoms with E-state index in [1.165, 1.54) is 11.8 Å². The maximum atomic E-state index is 8.84. The third-order valence-electron chi connectivity index (χ3n) is 1.52. The highest BCUT2D eigenvalue weighted by Crippen LogP contribution is 2.27. The molecule has 0 bridgehead atoms. The Labute approximate surface area is 96.8 Å². The van der Waals surface area contributed by atoms with Gasteiger partial charge >= 0.3 is 0 Å². The van der Waals surface area contributed by atoms with Crippen LogP contribution in [0.3, 0.4) is 0 Å². The van der Waals surface area contributed by atoms with Crippen molar-refractivity contribution in [2.45, 2.75) is 11.8 Å². The van der Waals surface area contributed by atoms with Gasteiger partial charge in [0.15, 0.2) is 10.3 Å². The van der Waals surface area contributed by atoms with Crippen LogP contribution in [0.1, 0.15) is 6.92 Å². The van der Waals surface area contributed by atoms with E-state index in [2.05, 4.69) is 10.2 Å². The Bertz CT molecular complexity index is 311. The van der Waals surface area contributed by atoms with Crippen molar-refractivity contribution in [1.29, 1.82) is 0 Å². The van der Waals surface area contributed by atoms with Crippen molar-refractivity contribution in [3.05, 3.63) is 16.4 Å². The standard InChI is InChI=1S/C8H10Cl2N2OS/c1-5(3-13)4-14-6-2-7(9)11-12-8(6)10/h2,5,13H,3-4H2,1H3. The Morgan fingerprint density at radius 2 is 2.21 bits per heavy atom. The lowest BCUT2D eigenvalue weighted by Gasteiger charge is -2.07. The molecule has 3 nitrogen and oxygen atoms in total. The van der Waals surface area contributed by atoms with Crippen molar-refractivity contribution in [1.82, 2.24) is 10.2 Å². The zero-order valence-electron chi connectivity index (χ0n) is 7.57. The first-order chi connectivity index (χ1) is 6.63. The van der Waals surface area contributed by atoms with Crippen LogP contribution >= 0.6 is 35.0 Å². The third-order valence-corrected chi connectivity index (χ3v) is 3.46. The summed E-state index contributed by atoms with van der Waals surface area (Å²) < 4.78 is 0. The molecule has 1 aromatic heterocycles. The van der Waals surface area contributed by atoms with Gasteiger partial charge in [-0.25, -0.2) is 0 Å². The van der Waals surface area contributed by atoms with Crippen LogP contribution in [0.2, 0.25) is 10.3 Å². The van der Waals surface area contributed by atoms with Gasteiger partial charge in [-0.15, -0.1) is 22.0 Å². The molecule has 14 heavy (non-hydrogen) atoms. The van der Waals surface area contributed by atoms with Gasteiger partial charge in [0.2, 0.25) is 0 Å². The van der Waals surface area contributed by atoms with Crippen LogP contribution in [0.15, 0.2) is 11.0 Å². The summed E-state index contributed by atoms with van der Waals surface area (Å²) in [6.45, 7) is 2.12. The van der Waals surface area contributed by atoms with E-state index in [1.54, 1.807) is 6.07 Å². The Hall–Kier alpha value is -0.0300. The van der Waals surface area contributed by atoms with E-state index in [0.717, 1.165) is 10.6 Å². The second kappa shape index (κ2) is 5.75. The van der Waals surface area contributed by atoms with Crippen molar-refractivity contribution in [3.63, 3.8) is 0 Å². The predicted octanol–water partition coefficient (Wildman–Crippen LogP) is 2.50. The van der Waals surface area contributed by atoms with E-state index in [4.69, 9.17) is 28.3 Å². The van der Waals surface area contributed by atoms with E-state index in [1.807, 2.05) is 6.92 Å². The number of aliphatic hydroxyl groups is 1. The van der Waals surface area contributed by atoms with E-state index >= 15 is 0 Å². The molecular weight excluding hydrogens is 243 g/mol. The first-order valence-electron chi connectivity index (χ1n) is 4.06. The molecule has 0 aromatic carbocycles. The van der Waals surface area contributed by atoms with E-state index in [-0.39, 0.29) is 12.5 Å². The molecule has 0 radical (unpaired) electrons. The molecule has 0 aliphatic carbocycles. The number of hydrogen-bond donors (Lipinski definition) is 1. The first-order valence-corrected chi connectivity index (χ1v) is 5.80. The molecule has 1 rings (SSSR count). The molecule has 0 aliphatic heterocycles. The first kappa shape index (κ1) is 12.0. The molecule has 6 heteroatoms. The Morgan fingerprint density at radius 1 is 1.50 bits per heavy atom. The fourth-order valence-corrected chi connectivity index (χ4v) is 2.12.